The predicted octanol–water partition coefficient (Wildman–Crippen LogP) is 15.0. The first-order valence-corrected chi connectivity index (χ1v) is 29.8. The van der Waals surface area contributed by atoms with Gasteiger partial charge in [0.1, 0.15) is 11.1 Å². The number of hydrogen-bond acceptors (Lipinski definition) is 8. The molecule has 0 saturated heterocycles. The highest BCUT2D eigenvalue weighted by molar-refractivity contribution is 5.82. The molecule has 0 N–H and O–H groups in total. The molecule has 422 valence electrons. The standard InChI is InChI=1S/C75H62N12/c1-3-27-69-68(52-54-44-48-56(49-45-54)64-40-23-25-42-66(64)72-77-80-82-85(72)74(58-28-11-5-12-29-58,59-30-13-6-14-31-59)60-32-15-7-16-33-60)71-76-70(4-2)79-87(71)84(69)53-55-46-50-57(51-47-55)65-41-24-26-43-67(65)73-78-81-83-86(73)75(61-34-17-8-18-35-61,62-36-19-9-20-37-62)63-38-21-10-22-39-63/h5-26,28-51H,3-4,27,52-53H2,1-2H3. The molecule has 0 unspecified atom stereocenters. The molecular weight excluding hydrogens is 1070 g/mol. The van der Waals surface area contributed by atoms with Gasteiger partial charge in [-0.25, -0.2) is 14.3 Å². The van der Waals surface area contributed by atoms with Crippen LogP contribution in [-0.2, 0) is 36.9 Å². The topological polar surface area (TPSA) is 122 Å². The molecule has 12 nitrogen and oxygen atoms in total. The van der Waals surface area contributed by atoms with E-state index in [2.05, 4.69) is 276 Å². The van der Waals surface area contributed by atoms with Gasteiger partial charge in [-0.2, -0.15) is 4.63 Å². The summed E-state index contributed by atoms with van der Waals surface area (Å²) in [5.41, 5.74) is 16.1. The molecule has 12 heteroatoms. The number of rotatable bonds is 19. The van der Waals surface area contributed by atoms with Crippen molar-refractivity contribution in [3.8, 4) is 45.0 Å². The Bertz CT molecular complexity index is 4110. The number of benzene rings is 10. The summed E-state index contributed by atoms with van der Waals surface area (Å²) in [7, 11) is 0. The molecule has 0 aliphatic heterocycles. The van der Waals surface area contributed by atoms with Crippen molar-refractivity contribution >= 4 is 5.65 Å². The summed E-state index contributed by atoms with van der Waals surface area (Å²) in [5, 5.41) is 33.4. The van der Waals surface area contributed by atoms with Crippen molar-refractivity contribution in [1.82, 2.24) is 59.8 Å². The molecule has 4 heterocycles. The second kappa shape index (κ2) is 23.6. The SMILES string of the molecule is CCCc1c(Cc2ccc(-c3ccccc3-c3nnnn3C(c3ccccc3)(c3ccccc3)c3ccccc3)cc2)c2nc(CC)nn2n1Cc1ccc(-c2ccccc2-c2nnnn2C(c2ccccc2)(c2ccccc2)c2ccccc2)cc1. The average Bonchev–Trinajstić information content (AvgIpc) is 1.97. The Hall–Kier alpha value is -11.0. The Morgan fingerprint density at radius 1 is 0.379 bits per heavy atom. The molecule has 4 aromatic heterocycles. The highest BCUT2D eigenvalue weighted by Gasteiger charge is 2.44. The molecule has 0 atom stereocenters. The third-order valence-electron chi connectivity index (χ3n) is 16.9. The Morgan fingerprint density at radius 3 is 1.10 bits per heavy atom. The molecule has 0 amide bonds. The fourth-order valence-electron chi connectivity index (χ4n) is 12.9. The zero-order valence-electron chi connectivity index (χ0n) is 48.5. The highest BCUT2D eigenvalue weighted by atomic mass is 15.6. The zero-order valence-corrected chi connectivity index (χ0v) is 48.5. The van der Waals surface area contributed by atoms with Crippen LogP contribution in [0, 0.1) is 0 Å². The maximum Gasteiger partial charge on any atom is 0.184 e. The third kappa shape index (κ3) is 9.61. The average molecular weight is 1130 g/mol. The molecule has 10 aromatic carbocycles. The minimum absolute atomic E-state index is 0.613. The van der Waals surface area contributed by atoms with Gasteiger partial charge in [0.25, 0.3) is 0 Å². The molecular formula is C75H62N12. The minimum Gasteiger partial charge on any atom is -0.263 e. The summed E-state index contributed by atoms with van der Waals surface area (Å²) in [6.45, 7) is 4.97. The van der Waals surface area contributed by atoms with Gasteiger partial charge in [-0.3, -0.25) is 4.68 Å². The minimum atomic E-state index is -0.891. The Balaban J connectivity index is 0.788. The molecule has 0 bridgehead atoms. The van der Waals surface area contributed by atoms with Crippen LogP contribution in [0.2, 0.25) is 0 Å². The lowest BCUT2D eigenvalue weighted by Crippen LogP contribution is -2.39. The van der Waals surface area contributed by atoms with E-state index in [0.717, 1.165) is 103 Å². The van der Waals surface area contributed by atoms with Crippen LogP contribution in [-0.4, -0.2) is 59.8 Å². The number of fused-ring (bicyclic) bond motifs is 1. The predicted molar refractivity (Wildman–Crippen MR) is 343 cm³/mol. The van der Waals surface area contributed by atoms with Gasteiger partial charge in [-0.15, -0.1) is 15.3 Å². The Morgan fingerprint density at radius 2 is 0.736 bits per heavy atom. The highest BCUT2D eigenvalue weighted by Crippen LogP contribution is 2.46. The van der Waals surface area contributed by atoms with Crippen LogP contribution >= 0.6 is 0 Å². The molecule has 0 fully saturated rings. The van der Waals surface area contributed by atoms with Crippen LogP contribution in [0.5, 0.6) is 0 Å². The van der Waals surface area contributed by atoms with Crippen LogP contribution in [0.1, 0.15) is 81.9 Å². The van der Waals surface area contributed by atoms with Crippen molar-refractivity contribution in [3.05, 3.63) is 341 Å². The summed E-state index contributed by atoms with van der Waals surface area (Å²) in [4.78, 5) is 5.19. The van der Waals surface area contributed by atoms with Crippen molar-refractivity contribution in [1.29, 1.82) is 0 Å². The second-order valence-corrected chi connectivity index (χ2v) is 21.9. The van der Waals surface area contributed by atoms with Gasteiger partial charge in [0.05, 0.1) is 6.54 Å². The first kappa shape index (κ1) is 54.0. The van der Waals surface area contributed by atoms with Gasteiger partial charge < -0.3 is 0 Å². The normalized spacial score (nSPS) is 11.8. The van der Waals surface area contributed by atoms with E-state index in [1.165, 1.54) is 16.8 Å². The summed E-state index contributed by atoms with van der Waals surface area (Å²) in [6.07, 6.45) is 3.25. The Kier molecular flexibility index (Phi) is 14.6. The number of tetrazole rings is 2. The van der Waals surface area contributed by atoms with E-state index in [1.54, 1.807) is 0 Å². The lowest BCUT2D eigenvalue weighted by atomic mass is 9.77. The summed E-state index contributed by atoms with van der Waals surface area (Å²) in [6, 6.07) is 97.9. The number of aromatic nitrogens is 12. The fourth-order valence-corrected chi connectivity index (χ4v) is 12.9. The smallest absolute Gasteiger partial charge is 0.184 e. The summed E-state index contributed by atoms with van der Waals surface area (Å²) < 4.78 is 8.40. The van der Waals surface area contributed by atoms with Crippen LogP contribution < -0.4 is 0 Å². The van der Waals surface area contributed by atoms with E-state index in [-0.39, 0.29) is 0 Å². The van der Waals surface area contributed by atoms with Crippen molar-refractivity contribution in [2.45, 2.75) is 57.2 Å². The monoisotopic (exact) mass is 1130 g/mol. The number of aryl methyl sites for hydroxylation is 1. The number of nitrogens with zero attached hydrogens (tertiary/aromatic N) is 12. The molecule has 0 saturated carbocycles. The van der Waals surface area contributed by atoms with Crippen LogP contribution in [0.3, 0.4) is 0 Å². The summed E-state index contributed by atoms with van der Waals surface area (Å²) in [5.74, 6) is 2.13. The van der Waals surface area contributed by atoms with E-state index in [1.807, 2.05) is 45.8 Å². The lowest BCUT2D eigenvalue weighted by Gasteiger charge is -2.36. The molecule has 87 heavy (non-hydrogen) atoms. The van der Waals surface area contributed by atoms with Crippen LogP contribution in [0.15, 0.2) is 279 Å². The van der Waals surface area contributed by atoms with E-state index in [4.69, 9.17) is 30.7 Å². The molecule has 0 spiro atoms. The van der Waals surface area contributed by atoms with Gasteiger partial charge in [0.2, 0.25) is 0 Å². The maximum absolute atomic E-state index is 5.19. The molecule has 0 radical (unpaired) electrons. The van der Waals surface area contributed by atoms with Crippen molar-refractivity contribution in [2.24, 2.45) is 0 Å². The summed E-state index contributed by atoms with van der Waals surface area (Å²) >= 11 is 0. The van der Waals surface area contributed by atoms with Gasteiger partial charge in [0, 0.05) is 35.2 Å². The Labute approximate surface area is 505 Å². The quantitative estimate of drug-likeness (QED) is 0.0734. The van der Waals surface area contributed by atoms with Gasteiger partial charge in [-0.1, -0.05) is 299 Å². The van der Waals surface area contributed by atoms with E-state index >= 15 is 0 Å². The van der Waals surface area contributed by atoms with Gasteiger partial charge >= 0.3 is 0 Å². The van der Waals surface area contributed by atoms with Crippen molar-refractivity contribution < 1.29 is 0 Å². The van der Waals surface area contributed by atoms with E-state index in [0.29, 0.717) is 24.6 Å². The van der Waals surface area contributed by atoms with Crippen molar-refractivity contribution in [3.63, 3.8) is 0 Å². The molecule has 14 rings (SSSR count). The third-order valence-corrected chi connectivity index (χ3v) is 16.9. The van der Waals surface area contributed by atoms with Crippen molar-refractivity contribution in [2.75, 3.05) is 0 Å². The fraction of sp³-hybridized carbons (Fsp3) is 0.120. The number of hydrogen-bond donors (Lipinski definition) is 0. The molecule has 0 aliphatic rings. The van der Waals surface area contributed by atoms with Crippen LogP contribution in [0.4, 0.5) is 0 Å². The molecule has 0 aliphatic carbocycles. The van der Waals surface area contributed by atoms with E-state index < -0.39 is 11.1 Å². The maximum atomic E-state index is 5.19. The van der Waals surface area contributed by atoms with Crippen LogP contribution in [0.25, 0.3) is 50.7 Å². The first-order valence-electron chi connectivity index (χ1n) is 29.8. The van der Waals surface area contributed by atoms with Gasteiger partial charge in [0.15, 0.2) is 23.1 Å². The lowest BCUT2D eigenvalue weighted by molar-refractivity contribution is 0.451. The van der Waals surface area contributed by atoms with E-state index in [9.17, 15) is 0 Å². The second-order valence-electron chi connectivity index (χ2n) is 21.9. The zero-order chi connectivity index (χ0) is 58.6. The largest absolute Gasteiger partial charge is 0.263 e. The first-order chi connectivity index (χ1) is 43.1. The molecule has 14 aromatic rings. The van der Waals surface area contributed by atoms with Gasteiger partial charge in [-0.05, 0) is 94.0 Å².